The van der Waals surface area contributed by atoms with Crippen molar-refractivity contribution in [1.82, 2.24) is 9.80 Å². The molecule has 8 heteroatoms. The maximum Gasteiger partial charge on any atom is 0.253 e. The lowest BCUT2D eigenvalue weighted by molar-refractivity contribution is 0.0628. The number of halogens is 1. The van der Waals surface area contributed by atoms with Crippen molar-refractivity contribution in [2.24, 2.45) is 0 Å². The number of nitrogens with zero attached hydrogens (tertiary/aromatic N) is 2. The predicted molar refractivity (Wildman–Crippen MR) is 98.0 cm³/mol. The Labute approximate surface area is 153 Å². The van der Waals surface area contributed by atoms with Gasteiger partial charge in [-0.3, -0.25) is 14.4 Å². The lowest BCUT2D eigenvalue weighted by atomic mass is 10.1. The van der Waals surface area contributed by atoms with E-state index >= 15 is 0 Å². The fourth-order valence-corrected chi connectivity index (χ4v) is 3.29. The first-order valence-electron chi connectivity index (χ1n) is 8.28. The largest absolute Gasteiger partial charge is 0.336 e. The van der Waals surface area contributed by atoms with Gasteiger partial charge in [0.2, 0.25) is 10.9 Å². The van der Waals surface area contributed by atoms with Gasteiger partial charge in [0.05, 0.1) is 0 Å². The Morgan fingerprint density at radius 1 is 0.962 bits per heavy atom. The van der Waals surface area contributed by atoms with Crippen LogP contribution in [0.4, 0.5) is 10.1 Å². The highest BCUT2D eigenvalue weighted by Gasteiger charge is 2.22. The molecule has 2 aromatic rings. The van der Waals surface area contributed by atoms with Gasteiger partial charge < -0.3 is 4.90 Å². The van der Waals surface area contributed by atoms with Gasteiger partial charge in [0.15, 0.2) is 0 Å². The summed E-state index contributed by atoms with van der Waals surface area (Å²) in [6.45, 7) is 3.47. The number of carbonyl (C=O) groups is 1. The van der Waals surface area contributed by atoms with E-state index in [9.17, 15) is 17.6 Å². The highest BCUT2D eigenvalue weighted by atomic mass is 32.2. The highest BCUT2D eigenvalue weighted by Crippen LogP contribution is 2.14. The summed E-state index contributed by atoms with van der Waals surface area (Å²) in [4.78, 5) is 16.6. The number of hydrogen-bond donors (Lipinski definition) is 2. The summed E-state index contributed by atoms with van der Waals surface area (Å²) >= 11 is 0. The third-order valence-electron chi connectivity index (χ3n) is 4.33. The lowest BCUT2D eigenvalue weighted by Gasteiger charge is -2.34. The fraction of sp³-hybridized carbons (Fsp3) is 0.278. The highest BCUT2D eigenvalue weighted by molar-refractivity contribution is 7.73. The monoisotopic (exact) mass is 377 g/mol. The van der Waals surface area contributed by atoms with E-state index in [4.69, 9.17) is 0 Å². The van der Waals surface area contributed by atoms with E-state index in [0.29, 0.717) is 24.3 Å². The summed E-state index contributed by atoms with van der Waals surface area (Å²) in [6.07, 6.45) is 0. The molecule has 1 heterocycles. The zero-order chi connectivity index (χ0) is 18.5. The summed E-state index contributed by atoms with van der Waals surface area (Å²) < 4.78 is 36.5. The molecule has 0 aliphatic carbocycles. The van der Waals surface area contributed by atoms with Crippen molar-refractivity contribution < 1.29 is 17.6 Å². The third-order valence-corrected chi connectivity index (χ3v) is 4.77. The number of nitrogens with one attached hydrogen (secondary N) is 1. The molecule has 138 valence electrons. The van der Waals surface area contributed by atoms with Crippen LogP contribution in [0.3, 0.4) is 0 Å². The zero-order valence-corrected chi connectivity index (χ0v) is 15.0. The summed E-state index contributed by atoms with van der Waals surface area (Å²) in [5, 5.41) is 0. The van der Waals surface area contributed by atoms with E-state index in [1.807, 2.05) is 0 Å². The average molecular weight is 377 g/mol. The first-order valence-corrected chi connectivity index (χ1v) is 9.46. The van der Waals surface area contributed by atoms with Crippen LogP contribution in [-0.2, 0) is 17.4 Å². The molecule has 0 aromatic heterocycles. The van der Waals surface area contributed by atoms with E-state index in [2.05, 4.69) is 9.62 Å². The van der Waals surface area contributed by atoms with Crippen LogP contribution in [0.15, 0.2) is 48.5 Å². The predicted octanol–water partition coefficient (Wildman–Crippen LogP) is 1.72. The van der Waals surface area contributed by atoms with Gasteiger partial charge in [-0.15, -0.1) is 0 Å². The number of thiol groups is 1. The minimum Gasteiger partial charge on any atom is -0.336 e. The normalized spacial score (nSPS) is 15.2. The molecular formula is C18H20FN3O3S. The van der Waals surface area contributed by atoms with Gasteiger partial charge in [-0.05, 0) is 42.0 Å². The molecule has 1 saturated heterocycles. The van der Waals surface area contributed by atoms with Crippen molar-refractivity contribution in [1.29, 1.82) is 0 Å². The minimum atomic E-state index is -2.71. The van der Waals surface area contributed by atoms with Crippen LogP contribution in [0.5, 0.6) is 0 Å². The molecule has 0 unspecified atom stereocenters. The molecule has 1 fully saturated rings. The molecule has 1 amide bonds. The van der Waals surface area contributed by atoms with Crippen LogP contribution in [-0.4, -0.2) is 50.3 Å². The summed E-state index contributed by atoms with van der Waals surface area (Å²) in [6, 6.07) is 12.8. The van der Waals surface area contributed by atoms with Gasteiger partial charge in [-0.25, -0.2) is 12.8 Å². The number of carbonyl (C=O) groups excluding carboxylic acids is 1. The SMILES string of the molecule is O=C(c1ccc(N[SH](=O)=O)cc1)N1CCN(Cc2ccc(F)cc2)CC1. The van der Waals surface area contributed by atoms with Crippen LogP contribution in [0, 0.1) is 5.82 Å². The van der Waals surface area contributed by atoms with Crippen LogP contribution in [0.2, 0.25) is 0 Å². The van der Waals surface area contributed by atoms with Gasteiger partial charge in [-0.2, -0.15) is 0 Å². The topological polar surface area (TPSA) is 69.7 Å². The molecule has 0 radical (unpaired) electrons. The molecule has 26 heavy (non-hydrogen) atoms. The molecule has 0 bridgehead atoms. The van der Waals surface area contributed by atoms with E-state index in [1.54, 1.807) is 41.3 Å². The van der Waals surface area contributed by atoms with Crippen molar-refractivity contribution in [3.05, 3.63) is 65.5 Å². The van der Waals surface area contributed by atoms with Crippen molar-refractivity contribution in [2.45, 2.75) is 6.54 Å². The maximum absolute atomic E-state index is 13.0. The molecule has 1 aliphatic rings. The van der Waals surface area contributed by atoms with Gasteiger partial charge in [0, 0.05) is 44.0 Å². The zero-order valence-electron chi connectivity index (χ0n) is 14.1. The summed E-state index contributed by atoms with van der Waals surface area (Å²) in [5.41, 5.74) is 2.01. The second-order valence-electron chi connectivity index (χ2n) is 6.14. The Hall–Kier alpha value is -2.45. The number of hydrogen-bond acceptors (Lipinski definition) is 4. The van der Waals surface area contributed by atoms with Gasteiger partial charge in [-0.1, -0.05) is 12.1 Å². The smallest absolute Gasteiger partial charge is 0.253 e. The second kappa shape index (κ2) is 8.29. The Bertz CT molecular complexity index is 822. The van der Waals surface area contributed by atoms with Gasteiger partial charge >= 0.3 is 0 Å². The molecule has 0 spiro atoms. The van der Waals surface area contributed by atoms with E-state index in [1.165, 1.54) is 12.1 Å². The molecule has 2 aromatic carbocycles. The van der Waals surface area contributed by atoms with Crippen molar-refractivity contribution in [2.75, 3.05) is 30.9 Å². The van der Waals surface area contributed by atoms with Crippen molar-refractivity contribution >= 4 is 22.5 Å². The first-order chi connectivity index (χ1) is 12.5. The number of rotatable bonds is 5. The molecule has 0 saturated carbocycles. The van der Waals surface area contributed by atoms with Crippen molar-refractivity contribution in [3.8, 4) is 0 Å². The van der Waals surface area contributed by atoms with Crippen molar-refractivity contribution in [3.63, 3.8) is 0 Å². The molecule has 6 nitrogen and oxygen atoms in total. The van der Waals surface area contributed by atoms with Gasteiger partial charge in [0.1, 0.15) is 5.82 Å². The second-order valence-corrected chi connectivity index (χ2v) is 6.88. The molecule has 3 rings (SSSR count). The maximum atomic E-state index is 13.0. The summed E-state index contributed by atoms with van der Waals surface area (Å²) in [7, 11) is -2.71. The number of piperazine rings is 1. The van der Waals surface area contributed by atoms with Crippen LogP contribution in [0.1, 0.15) is 15.9 Å². The number of amides is 1. The number of anilines is 1. The molecule has 0 atom stereocenters. The summed E-state index contributed by atoms with van der Waals surface area (Å²) in [5.74, 6) is -0.308. The van der Waals surface area contributed by atoms with Crippen LogP contribution < -0.4 is 4.72 Å². The van der Waals surface area contributed by atoms with E-state index < -0.39 is 10.9 Å². The van der Waals surface area contributed by atoms with Crippen LogP contribution in [0.25, 0.3) is 0 Å². The minimum absolute atomic E-state index is 0.0653. The quantitative estimate of drug-likeness (QED) is 0.779. The average Bonchev–Trinajstić information content (AvgIpc) is 2.64. The third kappa shape index (κ3) is 4.80. The Balaban J connectivity index is 1.53. The molecule has 1 aliphatic heterocycles. The Morgan fingerprint density at radius 2 is 1.58 bits per heavy atom. The lowest BCUT2D eigenvalue weighted by Crippen LogP contribution is -2.48. The first kappa shape index (κ1) is 18.3. The molecule has 1 N–H and O–H groups in total. The van der Waals surface area contributed by atoms with Gasteiger partial charge in [0.25, 0.3) is 5.91 Å². The Morgan fingerprint density at radius 3 is 2.15 bits per heavy atom. The van der Waals surface area contributed by atoms with E-state index in [-0.39, 0.29) is 11.7 Å². The Kier molecular flexibility index (Phi) is 5.85. The van der Waals surface area contributed by atoms with Crippen LogP contribution >= 0.6 is 0 Å². The molecular weight excluding hydrogens is 357 g/mol. The standard InChI is InChI=1S/C18H20FN3O3S/c19-16-5-1-14(2-6-16)13-21-9-11-22(12-10-21)18(23)15-3-7-17(8-4-15)20-26(24)25/h1-8,26H,9-13H2,(H,20,24,25). The fourth-order valence-electron chi connectivity index (χ4n) is 2.93. The number of benzene rings is 2. The van der Waals surface area contributed by atoms with E-state index in [0.717, 1.165) is 25.2 Å².